The number of rotatable bonds is 5. The first-order chi connectivity index (χ1) is 17.7. The first-order valence-corrected chi connectivity index (χ1v) is 12.4. The van der Waals surface area contributed by atoms with Crippen molar-refractivity contribution in [3.8, 4) is 39.7 Å². The molecule has 2 heterocycles. The SMILES string of the molecule is COc1ccc(OC)c(-n2c3c(cc(-c4cccc(-c5ccc(Cl)cc5)n4)c2=O)C(=O)CC(C)(C)C3)c1. The van der Waals surface area contributed by atoms with Crippen LogP contribution in [0.2, 0.25) is 5.02 Å². The minimum Gasteiger partial charge on any atom is -0.497 e. The van der Waals surface area contributed by atoms with Crippen molar-refractivity contribution in [1.82, 2.24) is 9.55 Å². The standard InChI is InChI=1S/C30H27ClN2O4/c1-30(2)16-26-22(27(34)17-30)15-21(24-7-5-6-23(32-24)18-8-10-19(31)11-9-18)29(35)33(26)25-14-20(36-3)12-13-28(25)37-4/h5-15H,16-17H2,1-4H3. The molecule has 6 nitrogen and oxygen atoms in total. The van der Waals surface area contributed by atoms with Gasteiger partial charge >= 0.3 is 0 Å². The molecule has 0 N–H and O–H groups in total. The fourth-order valence-corrected chi connectivity index (χ4v) is 5.02. The van der Waals surface area contributed by atoms with Gasteiger partial charge in [0.2, 0.25) is 0 Å². The van der Waals surface area contributed by atoms with E-state index in [9.17, 15) is 9.59 Å². The number of carbonyl (C=O) groups is 1. The molecule has 0 amide bonds. The molecule has 7 heteroatoms. The molecule has 0 saturated carbocycles. The van der Waals surface area contributed by atoms with Crippen LogP contribution in [-0.2, 0) is 6.42 Å². The topological polar surface area (TPSA) is 70.4 Å². The van der Waals surface area contributed by atoms with Crippen LogP contribution in [0.4, 0.5) is 0 Å². The van der Waals surface area contributed by atoms with Crippen LogP contribution in [0.5, 0.6) is 11.5 Å². The van der Waals surface area contributed by atoms with Gasteiger partial charge in [-0.15, -0.1) is 0 Å². The summed E-state index contributed by atoms with van der Waals surface area (Å²) in [5, 5.41) is 0.631. The maximum Gasteiger partial charge on any atom is 0.264 e. The molecule has 2 aromatic heterocycles. The summed E-state index contributed by atoms with van der Waals surface area (Å²) in [5.74, 6) is 1.07. The van der Waals surface area contributed by atoms with Gasteiger partial charge in [0.1, 0.15) is 11.5 Å². The predicted molar refractivity (Wildman–Crippen MR) is 145 cm³/mol. The van der Waals surface area contributed by atoms with Crippen molar-refractivity contribution in [2.24, 2.45) is 5.41 Å². The molecule has 0 bridgehead atoms. The van der Waals surface area contributed by atoms with Crippen molar-refractivity contribution in [1.29, 1.82) is 0 Å². The Hall–Kier alpha value is -3.90. The second kappa shape index (κ2) is 9.52. The summed E-state index contributed by atoms with van der Waals surface area (Å²) in [6, 6.07) is 19.9. The molecule has 188 valence electrons. The quantitative estimate of drug-likeness (QED) is 0.308. The van der Waals surface area contributed by atoms with Crippen LogP contribution >= 0.6 is 11.6 Å². The van der Waals surface area contributed by atoms with Gasteiger partial charge in [-0.1, -0.05) is 43.6 Å². The smallest absolute Gasteiger partial charge is 0.264 e. The number of hydrogen-bond donors (Lipinski definition) is 0. The molecule has 0 radical (unpaired) electrons. The Bertz CT molecular complexity index is 1570. The average Bonchev–Trinajstić information content (AvgIpc) is 2.88. The highest BCUT2D eigenvalue weighted by Gasteiger charge is 2.35. The zero-order chi connectivity index (χ0) is 26.3. The Kier molecular flexibility index (Phi) is 6.38. The summed E-state index contributed by atoms with van der Waals surface area (Å²) in [5.41, 5.74) is 3.52. The molecule has 37 heavy (non-hydrogen) atoms. The summed E-state index contributed by atoms with van der Waals surface area (Å²) in [6.07, 6.45) is 0.952. The lowest BCUT2D eigenvalue weighted by atomic mass is 9.75. The van der Waals surface area contributed by atoms with E-state index < -0.39 is 0 Å². The van der Waals surface area contributed by atoms with E-state index in [1.807, 2.05) is 38.1 Å². The fraction of sp³-hybridized carbons (Fsp3) is 0.233. The second-order valence-electron chi connectivity index (χ2n) is 9.95. The lowest BCUT2D eigenvalue weighted by Crippen LogP contribution is -2.35. The predicted octanol–water partition coefficient (Wildman–Crippen LogP) is 6.39. The van der Waals surface area contributed by atoms with E-state index in [0.717, 1.165) is 5.56 Å². The highest BCUT2D eigenvalue weighted by atomic mass is 35.5. The van der Waals surface area contributed by atoms with E-state index in [2.05, 4.69) is 0 Å². The third-order valence-corrected chi connectivity index (χ3v) is 6.93. The average molecular weight is 515 g/mol. The number of ketones is 1. The van der Waals surface area contributed by atoms with Crippen LogP contribution in [-0.4, -0.2) is 29.6 Å². The lowest BCUT2D eigenvalue weighted by Gasteiger charge is -2.32. The third kappa shape index (κ3) is 4.65. The molecule has 1 aliphatic rings. The van der Waals surface area contributed by atoms with Crippen LogP contribution in [0.15, 0.2) is 71.5 Å². The van der Waals surface area contributed by atoms with Gasteiger partial charge in [0.25, 0.3) is 5.56 Å². The monoisotopic (exact) mass is 514 g/mol. The number of ether oxygens (including phenoxy) is 2. The van der Waals surface area contributed by atoms with E-state index in [0.29, 0.717) is 63.3 Å². The second-order valence-corrected chi connectivity index (χ2v) is 10.4. The van der Waals surface area contributed by atoms with Crippen LogP contribution in [0.25, 0.3) is 28.2 Å². The number of methoxy groups -OCH3 is 2. The fourth-order valence-electron chi connectivity index (χ4n) is 4.89. The zero-order valence-corrected chi connectivity index (χ0v) is 21.9. The highest BCUT2D eigenvalue weighted by Crippen LogP contribution is 2.38. The number of carbonyl (C=O) groups excluding carboxylic acids is 1. The molecule has 0 unspecified atom stereocenters. The van der Waals surface area contributed by atoms with Gasteiger partial charge in [-0.3, -0.25) is 14.2 Å². The van der Waals surface area contributed by atoms with Crippen LogP contribution in [0, 0.1) is 5.41 Å². The Morgan fingerprint density at radius 3 is 2.30 bits per heavy atom. The van der Waals surface area contributed by atoms with Crippen molar-refractivity contribution >= 4 is 17.4 Å². The van der Waals surface area contributed by atoms with E-state index in [1.165, 1.54) is 0 Å². The summed E-state index contributed by atoms with van der Waals surface area (Å²) in [7, 11) is 3.12. The molecular weight excluding hydrogens is 488 g/mol. The molecule has 0 spiro atoms. The summed E-state index contributed by atoms with van der Waals surface area (Å²) >= 11 is 6.05. The van der Waals surface area contributed by atoms with Crippen LogP contribution in [0.3, 0.4) is 0 Å². The van der Waals surface area contributed by atoms with Crippen LogP contribution in [0.1, 0.15) is 36.3 Å². The van der Waals surface area contributed by atoms with E-state index in [-0.39, 0.29) is 16.8 Å². The Morgan fingerprint density at radius 1 is 0.865 bits per heavy atom. The van der Waals surface area contributed by atoms with Gasteiger partial charge in [0.15, 0.2) is 5.78 Å². The molecule has 4 aromatic rings. The number of halogens is 1. The maximum atomic E-state index is 14.2. The first kappa shape index (κ1) is 24.8. The van der Waals surface area contributed by atoms with Crippen molar-refractivity contribution in [2.75, 3.05) is 14.2 Å². The van der Waals surface area contributed by atoms with Crippen molar-refractivity contribution in [2.45, 2.75) is 26.7 Å². The molecule has 2 aromatic carbocycles. The molecule has 0 atom stereocenters. The van der Waals surface area contributed by atoms with Gasteiger partial charge in [0.05, 0.1) is 36.9 Å². The van der Waals surface area contributed by atoms with E-state index in [1.54, 1.807) is 61.3 Å². The van der Waals surface area contributed by atoms with Gasteiger partial charge < -0.3 is 9.47 Å². The molecule has 0 saturated heterocycles. The third-order valence-electron chi connectivity index (χ3n) is 6.68. The summed E-state index contributed by atoms with van der Waals surface area (Å²) < 4.78 is 12.7. The van der Waals surface area contributed by atoms with Gasteiger partial charge in [-0.25, -0.2) is 4.98 Å². The summed E-state index contributed by atoms with van der Waals surface area (Å²) in [6.45, 7) is 4.08. The van der Waals surface area contributed by atoms with Crippen molar-refractivity contribution < 1.29 is 14.3 Å². The largest absolute Gasteiger partial charge is 0.497 e. The number of fused-ring (bicyclic) bond motifs is 1. The highest BCUT2D eigenvalue weighted by molar-refractivity contribution is 6.30. The Morgan fingerprint density at radius 2 is 1.59 bits per heavy atom. The Balaban J connectivity index is 1.79. The van der Waals surface area contributed by atoms with E-state index in [4.69, 9.17) is 26.1 Å². The number of hydrogen-bond acceptors (Lipinski definition) is 5. The molecule has 0 aliphatic heterocycles. The van der Waals surface area contributed by atoms with Gasteiger partial charge in [0, 0.05) is 34.3 Å². The minimum absolute atomic E-state index is 0.00281. The number of benzene rings is 2. The van der Waals surface area contributed by atoms with Crippen molar-refractivity contribution in [3.63, 3.8) is 0 Å². The normalized spacial score (nSPS) is 14.2. The number of aromatic nitrogens is 2. The number of nitrogens with zero attached hydrogens (tertiary/aromatic N) is 2. The number of Topliss-reactive ketones (excluding diaryl/α,β-unsaturated/α-hetero) is 1. The zero-order valence-electron chi connectivity index (χ0n) is 21.2. The first-order valence-electron chi connectivity index (χ1n) is 12.0. The molecule has 5 rings (SSSR count). The minimum atomic E-state index is -0.293. The lowest BCUT2D eigenvalue weighted by molar-refractivity contribution is 0.0909. The van der Waals surface area contributed by atoms with Gasteiger partial charge in [-0.2, -0.15) is 0 Å². The van der Waals surface area contributed by atoms with E-state index >= 15 is 0 Å². The summed E-state index contributed by atoms with van der Waals surface area (Å²) in [4.78, 5) is 32.4. The van der Waals surface area contributed by atoms with Crippen molar-refractivity contribution in [3.05, 3.63) is 93.4 Å². The molecule has 0 fully saturated rings. The number of pyridine rings is 2. The molecular formula is C30H27ClN2O4. The van der Waals surface area contributed by atoms with Crippen LogP contribution < -0.4 is 15.0 Å². The molecule has 1 aliphatic carbocycles. The van der Waals surface area contributed by atoms with Gasteiger partial charge in [-0.05, 0) is 54.3 Å². The maximum absolute atomic E-state index is 14.2. The Labute approximate surface area is 220 Å².